The summed E-state index contributed by atoms with van der Waals surface area (Å²) in [6.07, 6.45) is -0.0990. The van der Waals surface area contributed by atoms with E-state index in [9.17, 15) is 14.4 Å². The van der Waals surface area contributed by atoms with Crippen LogP contribution in [0, 0.1) is 0 Å². The number of hydrogen-bond acceptors (Lipinski definition) is 4. The van der Waals surface area contributed by atoms with Crippen molar-refractivity contribution in [3.05, 3.63) is 12.2 Å². The van der Waals surface area contributed by atoms with Gasteiger partial charge >= 0.3 is 5.97 Å². The van der Waals surface area contributed by atoms with Crippen molar-refractivity contribution in [3.8, 4) is 0 Å². The number of carbonyl (C=O) groups excluding carboxylic acids is 2. The van der Waals surface area contributed by atoms with Crippen LogP contribution in [0.1, 0.15) is 19.8 Å². The topological polar surface area (TPSA) is 130 Å². The summed E-state index contributed by atoms with van der Waals surface area (Å²) < 4.78 is 0. The number of primary amides is 1. The molecule has 15 heavy (non-hydrogen) atoms. The molecule has 0 rings (SSSR count). The van der Waals surface area contributed by atoms with Crippen molar-refractivity contribution in [2.24, 2.45) is 5.73 Å². The zero-order chi connectivity index (χ0) is 12.4. The van der Waals surface area contributed by atoms with Crippen molar-refractivity contribution in [1.29, 1.82) is 0 Å². The second-order valence-electron chi connectivity index (χ2n) is 2.59. The van der Waals surface area contributed by atoms with Gasteiger partial charge in [0.25, 0.3) is 0 Å². The highest BCUT2D eigenvalue weighted by molar-refractivity contribution is 5.84. The number of carbonyl (C=O) groups is 3. The van der Waals surface area contributed by atoms with Crippen LogP contribution in [0.25, 0.3) is 0 Å². The van der Waals surface area contributed by atoms with Crippen LogP contribution in [0.2, 0.25) is 0 Å². The first-order valence-electron chi connectivity index (χ1n) is 3.91. The van der Waals surface area contributed by atoms with E-state index >= 15 is 0 Å². The molecule has 0 fully saturated rings. The summed E-state index contributed by atoms with van der Waals surface area (Å²) in [7, 11) is 0. The zero-order valence-corrected chi connectivity index (χ0v) is 8.32. The fourth-order valence-electron chi connectivity index (χ4n) is 0.293. The van der Waals surface area contributed by atoms with Gasteiger partial charge in [-0.1, -0.05) is 6.58 Å². The van der Waals surface area contributed by atoms with Gasteiger partial charge in [-0.15, -0.1) is 0 Å². The first kappa shape index (κ1) is 15.6. The summed E-state index contributed by atoms with van der Waals surface area (Å²) in [5.41, 5.74) is 6.24. The molecule has 0 heterocycles. The van der Waals surface area contributed by atoms with Crippen LogP contribution in [0.5, 0.6) is 0 Å². The second-order valence-corrected chi connectivity index (χ2v) is 2.59. The molecule has 0 aliphatic carbocycles. The molecule has 0 atom stereocenters. The average Bonchev–Trinajstić information content (AvgIpc) is 2.14. The van der Waals surface area contributed by atoms with Gasteiger partial charge in [-0.2, -0.15) is 0 Å². The summed E-state index contributed by atoms with van der Waals surface area (Å²) in [6.45, 7) is 4.60. The molecule has 0 aromatic rings. The molecule has 0 bridgehead atoms. The van der Waals surface area contributed by atoms with E-state index in [1.807, 2.05) is 0 Å². The third-order valence-corrected chi connectivity index (χ3v) is 1.09. The standard InChI is InChI=1S/C4H8N2O3.C4H6O2/c5-3(7)1-2-4(8)6-9;1-3(2)4(5)6/h9H,1-2H2,(H2,5,7)(H,6,8);1H2,2H3,(H,5,6). The van der Waals surface area contributed by atoms with Gasteiger partial charge in [0, 0.05) is 18.4 Å². The van der Waals surface area contributed by atoms with Gasteiger partial charge in [-0.3, -0.25) is 14.8 Å². The van der Waals surface area contributed by atoms with Gasteiger partial charge in [0.1, 0.15) is 0 Å². The maximum atomic E-state index is 10.1. The molecule has 0 aliphatic rings. The zero-order valence-electron chi connectivity index (χ0n) is 8.32. The third-order valence-electron chi connectivity index (χ3n) is 1.09. The summed E-state index contributed by atoms with van der Waals surface area (Å²) in [5.74, 6) is -2.09. The van der Waals surface area contributed by atoms with Crippen molar-refractivity contribution in [2.75, 3.05) is 0 Å². The molecule has 0 radical (unpaired) electrons. The van der Waals surface area contributed by atoms with Crippen molar-refractivity contribution in [3.63, 3.8) is 0 Å². The summed E-state index contributed by atoms with van der Waals surface area (Å²) in [5, 5.41) is 15.8. The molecule has 0 aromatic heterocycles. The minimum atomic E-state index is -0.935. The highest BCUT2D eigenvalue weighted by Gasteiger charge is 2.00. The van der Waals surface area contributed by atoms with Gasteiger partial charge in [-0.25, -0.2) is 10.3 Å². The van der Waals surface area contributed by atoms with E-state index in [1.54, 1.807) is 0 Å². The minimum Gasteiger partial charge on any atom is -0.478 e. The first-order chi connectivity index (χ1) is 6.81. The van der Waals surface area contributed by atoms with Gasteiger partial charge in [-0.05, 0) is 6.92 Å². The lowest BCUT2D eigenvalue weighted by Gasteiger charge is -1.92. The van der Waals surface area contributed by atoms with Crippen LogP contribution in [-0.2, 0) is 14.4 Å². The van der Waals surface area contributed by atoms with Crippen LogP contribution in [0.4, 0.5) is 0 Å². The fraction of sp³-hybridized carbons (Fsp3) is 0.375. The smallest absolute Gasteiger partial charge is 0.330 e. The van der Waals surface area contributed by atoms with Crippen LogP contribution < -0.4 is 11.2 Å². The van der Waals surface area contributed by atoms with E-state index in [0.717, 1.165) is 0 Å². The predicted molar refractivity (Wildman–Crippen MR) is 50.8 cm³/mol. The number of nitrogens with two attached hydrogens (primary N) is 1. The SMILES string of the molecule is C=C(C)C(=O)O.NC(=O)CCC(=O)NO. The number of carboxylic acids is 1. The highest BCUT2D eigenvalue weighted by atomic mass is 16.5. The Morgan fingerprint density at radius 3 is 1.93 bits per heavy atom. The molecule has 0 aliphatic heterocycles. The Labute approximate surface area is 86.5 Å². The molecule has 0 saturated heterocycles. The van der Waals surface area contributed by atoms with E-state index in [2.05, 4.69) is 6.58 Å². The minimum absolute atomic E-state index is 0.0353. The number of hydroxylamine groups is 1. The van der Waals surface area contributed by atoms with E-state index in [0.29, 0.717) is 0 Å². The molecule has 5 N–H and O–H groups in total. The Hall–Kier alpha value is -1.89. The Morgan fingerprint density at radius 1 is 1.33 bits per heavy atom. The van der Waals surface area contributed by atoms with E-state index in [-0.39, 0.29) is 18.4 Å². The molecule has 86 valence electrons. The maximum Gasteiger partial charge on any atom is 0.330 e. The lowest BCUT2D eigenvalue weighted by atomic mass is 10.3. The summed E-state index contributed by atoms with van der Waals surface area (Å²) in [4.78, 5) is 29.7. The number of rotatable bonds is 4. The number of aliphatic carboxylic acids is 1. The summed E-state index contributed by atoms with van der Waals surface area (Å²) >= 11 is 0. The van der Waals surface area contributed by atoms with E-state index in [4.69, 9.17) is 16.0 Å². The lowest BCUT2D eigenvalue weighted by molar-refractivity contribution is -0.132. The van der Waals surface area contributed by atoms with Crippen LogP contribution >= 0.6 is 0 Å². The fourth-order valence-corrected chi connectivity index (χ4v) is 0.293. The highest BCUT2D eigenvalue weighted by Crippen LogP contribution is 1.84. The molecule has 2 amide bonds. The lowest BCUT2D eigenvalue weighted by Crippen LogP contribution is -2.21. The maximum absolute atomic E-state index is 10.1. The van der Waals surface area contributed by atoms with E-state index in [1.165, 1.54) is 12.4 Å². The van der Waals surface area contributed by atoms with E-state index < -0.39 is 17.8 Å². The van der Waals surface area contributed by atoms with Gasteiger partial charge in [0.05, 0.1) is 0 Å². The predicted octanol–water partition coefficient (Wildman–Crippen LogP) is -0.596. The Kier molecular flexibility index (Phi) is 9.03. The van der Waals surface area contributed by atoms with Gasteiger partial charge in [0.2, 0.25) is 11.8 Å². The second kappa shape index (κ2) is 8.70. The molecule has 7 nitrogen and oxygen atoms in total. The van der Waals surface area contributed by atoms with Crippen molar-refractivity contribution < 1.29 is 24.7 Å². The molecule has 7 heteroatoms. The van der Waals surface area contributed by atoms with Crippen molar-refractivity contribution in [1.82, 2.24) is 5.48 Å². The monoisotopic (exact) mass is 218 g/mol. The summed E-state index contributed by atoms with van der Waals surface area (Å²) in [6, 6.07) is 0. The third kappa shape index (κ3) is 14.9. The number of amides is 2. The molecule has 0 saturated carbocycles. The van der Waals surface area contributed by atoms with Crippen LogP contribution in [0.3, 0.4) is 0 Å². The molecule has 0 spiro atoms. The normalized spacial score (nSPS) is 8.13. The number of hydrogen-bond donors (Lipinski definition) is 4. The molecular formula is C8H14N2O5. The Bertz CT molecular complexity index is 250. The number of carboxylic acid groups (broad SMARTS) is 1. The average molecular weight is 218 g/mol. The first-order valence-corrected chi connectivity index (χ1v) is 3.91. The van der Waals surface area contributed by atoms with Gasteiger partial charge in [0.15, 0.2) is 0 Å². The van der Waals surface area contributed by atoms with Crippen LogP contribution in [0.15, 0.2) is 12.2 Å². The quantitative estimate of drug-likeness (QED) is 0.284. The molecule has 0 unspecified atom stereocenters. The largest absolute Gasteiger partial charge is 0.478 e. The van der Waals surface area contributed by atoms with Gasteiger partial charge < -0.3 is 10.8 Å². The van der Waals surface area contributed by atoms with Crippen LogP contribution in [-0.4, -0.2) is 28.1 Å². The Morgan fingerprint density at radius 2 is 1.73 bits per heavy atom. The Balaban J connectivity index is 0. The van der Waals surface area contributed by atoms with Crippen molar-refractivity contribution in [2.45, 2.75) is 19.8 Å². The molecule has 0 aromatic carbocycles. The number of nitrogens with one attached hydrogen (secondary N) is 1. The van der Waals surface area contributed by atoms with Crippen molar-refractivity contribution >= 4 is 17.8 Å². The molecular weight excluding hydrogens is 204 g/mol.